The highest BCUT2D eigenvalue weighted by atomic mass is 32.2. The summed E-state index contributed by atoms with van der Waals surface area (Å²) in [5.74, 6) is -0.214. The Morgan fingerprint density at radius 2 is 2.33 bits per heavy atom. The molecule has 82 valence electrons. The van der Waals surface area contributed by atoms with Crippen LogP contribution in [0.4, 0.5) is 0 Å². The molecule has 0 fully saturated rings. The van der Waals surface area contributed by atoms with Crippen molar-refractivity contribution in [1.29, 1.82) is 0 Å². The Hall–Kier alpha value is -1.37. The highest BCUT2D eigenvalue weighted by molar-refractivity contribution is 7.99. The number of carbonyl (C=O) groups is 1. The van der Waals surface area contributed by atoms with Gasteiger partial charge in [0.25, 0.3) is 0 Å². The first kappa shape index (κ1) is 11.7. The third-order valence-electron chi connectivity index (χ3n) is 1.49. The summed E-state index contributed by atoms with van der Waals surface area (Å²) in [7, 11) is 0. The minimum atomic E-state index is -0.952. The lowest BCUT2D eigenvalue weighted by Crippen LogP contribution is -2.11. The number of aromatic nitrogens is 4. The monoisotopic (exact) mass is 228 g/mol. The van der Waals surface area contributed by atoms with Crippen molar-refractivity contribution >= 4 is 17.7 Å². The first-order valence-electron chi connectivity index (χ1n) is 4.33. The number of nitrogens with zero attached hydrogens (tertiary/aromatic N) is 4. The van der Waals surface area contributed by atoms with E-state index in [0.29, 0.717) is 5.16 Å². The van der Waals surface area contributed by atoms with Gasteiger partial charge in [-0.05, 0) is 24.3 Å². The molecule has 0 bridgehead atoms. The molecule has 0 unspecified atom stereocenters. The fourth-order valence-corrected chi connectivity index (χ4v) is 1.72. The van der Waals surface area contributed by atoms with Gasteiger partial charge in [0.05, 0.1) is 0 Å². The fourth-order valence-electron chi connectivity index (χ4n) is 0.810. The van der Waals surface area contributed by atoms with Gasteiger partial charge in [-0.3, -0.25) is 4.79 Å². The number of hydrogen-bond donors (Lipinski definition) is 1. The summed E-state index contributed by atoms with van der Waals surface area (Å²) in [4.78, 5) is 10.5. The SMILES string of the molecule is CC(C)=CCSc1nnnn1CC(=O)O. The van der Waals surface area contributed by atoms with E-state index in [9.17, 15) is 4.79 Å². The summed E-state index contributed by atoms with van der Waals surface area (Å²) in [5.41, 5.74) is 1.21. The molecule has 1 rings (SSSR count). The number of aliphatic carboxylic acids is 1. The van der Waals surface area contributed by atoms with Crippen LogP contribution in [0.2, 0.25) is 0 Å². The molecule has 1 aromatic rings. The number of carboxylic acid groups (broad SMARTS) is 1. The molecule has 7 heteroatoms. The van der Waals surface area contributed by atoms with Crippen molar-refractivity contribution in [2.75, 3.05) is 5.75 Å². The molecular weight excluding hydrogens is 216 g/mol. The van der Waals surface area contributed by atoms with Crippen LogP contribution in [-0.4, -0.2) is 37.0 Å². The Balaban J connectivity index is 2.57. The lowest BCUT2D eigenvalue weighted by Gasteiger charge is -1.98. The van der Waals surface area contributed by atoms with E-state index < -0.39 is 5.97 Å². The van der Waals surface area contributed by atoms with Crippen LogP contribution in [0, 0.1) is 0 Å². The van der Waals surface area contributed by atoms with Gasteiger partial charge in [-0.2, -0.15) is 0 Å². The lowest BCUT2D eigenvalue weighted by atomic mass is 10.3. The van der Waals surface area contributed by atoms with Crippen molar-refractivity contribution in [3.8, 4) is 0 Å². The van der Waals surface area contributed by atoms with Gasteiger partial charge in [0.1, 0.15) is 6.54 Å². The predicted molar refractivity (Wildman–Crippen MR) is 55.6 cm³/mol. The number of tetrazole rings is 1. The molecule has 6 nitrogen and oxygen atoms in total. The van der Waals surface area contributed by atoms with Crippen LogP contribution in [0.15, 0.2) is 16.8 Å². The van der Waals surface area contributed by atoms with E-state index in [-0.39, 0.29) is 6.54 Å². The molecule has 1 heterocycles. The second-order valence-electron chi connectivity index (χ2n) is 3.11. The van der Waals surface area contributed by atoms with Gasteiger partial charge in [-0.1, -0.05) is 23.4 Å². The quantitative estimate of drug-likeness (QED) is 0.593. The number of carboxylic acids is 1. The zero-order valence-corrected chi connectivity index (χ0v) is 9.36. The lowest BCUT2D eigenvalue weighted by molar-refractivity contribution is -0.138. The summed E-state index contributed by atoms with van der Waals surface area (Å²) >= 11 is 1.41. The number of allylic oxidation sites excluding steroid dienone is 1. The van der Waals surface area contributed by atoms with Gasteiger partial charge < -0.3 is 5.11 Å². The summed E-state index contributed by atoms with van der Waals surface area (Å²) in [6.07, 6.45) is 2.03. The molecule has 15 heavy (non-hydrogen) atoms. The van der Waals surface area contributed by atoms with Crippen molar-refractivity contribution in [3.05, 3.63) is 11.6 Å². The summed E-state index contributed by atoms with van der Waals surface area (Å²) in [6, 6.07) is 0. The minimum Gasteiger partial charge on any atom is -0.480 e. The Labute approximate surface area is 91.4 Å². The predicted octanol–water partition coefficient (Wildman–Crippen LogP) is 0.816. The standard InChI is InChI=1S/C8H12N4O2S/c1-6(2)3-4-15-8-9-10-11-12(8)5-7(13)14/h3H,4-5H2,1-2H3,(H,13,14). The first-order valence-corrected chi connectivity index (χ1v) is 5.32. The largest absolute Gasteiger partial charge is 0.480 e. The summed E-state index contributed by atoms with van der Waals surface area (Å²) < 4.78 is 1.27. The second kappa shape index (κ2) is 5.50. The maximum absolute atomic E-state index is 10.5. The maximum Gasteiger partial charge on any atom is 0.325 e. The number of hydrogen-bond acceptors (Lipinski definition) is 5. The third-order valence-corrected chi connectivity index (χ3v) is 2.37. The van der Waals surface area contributed by atoms with Gasteiger partial charge in [-0.25, -0.2) is 4.68 Å². The van der Waals surface area contributed by atoms with Gasteiger partial charge in [0, 0.05) is 5.75 Å². The average molecular weight is 228 g/mol. The highest BCUT2D eigenvalue weighted by Gasteiger charge is 2.08. The molecule has 0 radical (unpaired) electrons. The normalized spacial score (nSPS) is 10.0. The van der Waals surface area contributed by atoms with Crippen LogP contribution < -0.4 is 0 Å². The molecule has 0 aromatic carbocycles. The van der Waals surface area contributed by atoms with Gasteiger partial charge in [0.2, 0.25) is 5.16 Å². The molecular formula is C8H12N4O2S. The smallest absolute Gasteiger partial charge is 0.325 e. The average Bonchev–Trinajstić information content (AvgIpc) is 2.51. The first-order chi connectivity index (χ1) is 7.09. The molecule has 0 spiro atoms. The van der Waals surface area contributed by atoms with Crippen molar-refractivity contribution in [3.63, 3.8) is 0 Å². The Kier molecular flexibility index (Phi) is 4.29. The van der Waals surface area contributed by atoms with Crippen LogP contribution in [0.1, 0.15) is 13.8 Å². The van der Waals surface area contributed by atoms with Crippen LogP contribution in [0.3, 0.4) is 0 Å². The molecule has 0 aliphatic heterocycles. The molecule has 1 aromatic heterocycles. The Bertz CT molecular complexity index is 370. The zero-order chi connectivity index (χ0) is 11.3. The minimum absolute atomic E-state index is 0.204. The van der Waals surface area contributed by atoms with Crippen LogP contribution in [0.25, 0.3) is 0 Å². The van der Waals surface area contributed by atoms with E-state index in [1.807, 2.05) is 19.9 Å². The van der Waals surface area contributed by atoms with E-state index in [4.69, 9.17) is 5.11 Å². The number of rotatable bonds is 5. The third kappa shape index (κ3) is 4.11. The molecule has 0 amide bonds. The van der Waals surface area contributed by atoms with Crippen molar-refractivity contribution in [2.24, 2.45) is 0 Å². The molecule has 0 saturated heterocycles. The van der Waals surface area contributed by atoms with Gasteiger partial charge >= 0.3 is 5.97 Å². The summed E-state index contributed by atoms with van der Waals surface area (Å²) in [6.45, 7) is 3.80. The van der Waals surface area contributed by atoms with Crippen LogP contribution in [0.5, 0.6) is 0 Å². The van der Waals surface area contributed by atoms with E-state index in [1.165, 1.54) is 22.0 Å². The Morgan fingerprint density at radius 3 is 2.93 bits per heavy atom. The van der Waals surface area contributed by atoms with E-state index in [0.717, 1.165) is 5.75 Å². The maximum atomic E-state index is 10.5. The molecule has 0 saturated carbocycles. The molecule has 0 atom stereocenters. The van der Waals surface area contributed by atoms with Gasteiger partial charge in [-0.15, -0.1) is 5.10 Å². The van der Waals surface area contributed by atoms with Crippen molar-refractivity contribution in [1.82, 2.24) is 20.2 Å². The zero-order valence-electron chi connectivity index (χ0n) is 8.54. The molecule has 1 N–H and O–H groups in total. The van der Waals surface area contributed by atoms with Crippen LogP contribution in [-0.2, 0) is 11.3 Å². The van der Waals surface area contributed by atoms with Crippen molar-refractivity contribution in [2.45, 2.75) is 25.5 Å². The Morgan fingerprint density at radius 1 is 1.60 bits per heavy atom. The van der Waals surface area contributed by atoms with Gasteiger partial charge in [0.15, 0.2) is 0 Å². The van der Waals surface area contributed by atoms with Crippen molar-refractivity contribution < 1.29 is 9.90 Å². The van der Waals surface area contributed by atoms with Crippen LogP contribution >= 0.6 is 11.8 Å². The number of thioether (sulfide) groups is 1. The highest BCUT2D eigenvalue weighted by Crippen LogP contribution is 2.13. The molecule has 0 aliphatic rings. The fraction of sp³-hybridized carbons (Fsp3) is 0.500. The topological polar surface area (TPSA) is 80.9 Å². The van der Waals surface area contributed by atoms with E-state index in [2.05, 4.69) is 15.5 Å². The molecule has 0 aliphatic carbocycles. The van der Waals surface area contributed by atoms with E-state index >= 15 is 0 Å². The summed E-state index contributed by atoms with van der Waals surface area (Å²) in [5, 5.41) is 19.9. The van der Waals surface area contributed by atoms with E-state index in [1.54, 1.807) is 0 Å². The second-order valence-corrected chi connectivity index (χ2v) is 4.09.